The summed E-state index contributed by atoms with van der Waals surface area (Å²) in [5.41, 5.74) is 3.74. The number of aryl methyl sites for hydroxylation is 2. The Hall–Kier alpha value is -3.52. The lowest BCUT2D eigenvalue weighted by molar-refractivity contribution is -0.139. The molecule has 1 unspecified atom stereocenters. The van der Waals surface area contributed by atoms with Gasteiger partial charge in [-0.05, 0) is 79.8 Å². The van der Waals surface area contributed by atoms with Gasteiger partial charge in [0.25, 0.3) is 5.91 Å². The molecular weight excluding hydrogens is 493 g/mol. The average molecular weight is 519 g/mol. The standard InChI is InChI=1S/C27H26ClF3N2O3/c1-14-10-20(11-15(2)24(14)25(34)33-17(4)26(35)36)19-6-5-7-21(12-19)32-16(3)18-8-9-23(28)22(13-18)27(29,30)31/h5-13,16-17,32H,1-4H3,(H,33,34)(H,35,36)/t16?,17-/m0/s1. The van der Waals surface area contributed by atoms with Crippen LogP contribution in [0.3, 0.4) is 0 Å². The number of hydrogen-bond acceptors (Lipinski definition) is 3. The van der Waals surface area contributed by atoms with E-state index in [1.54, 1.807) is 26.8 Å². The van der Waals surface area contributed by atoms with Gasteiger partial charge in [0.1, 0.15) is 6.04 Å². The lowest BCUT2D eigenvalue weighted by Gasteiger charge is -2.19. The van der Waals surface area contributed by atoms with E-state index in [0.717, 1.165) is 17.2 Å². The van der Waals surface area contributed by atoms with Crippen LogP contribution in [0.2, 0.25) is 5.02 Å². The number of aliphatic carboxylic acids is 1. The number of hydrogen-bond donors (Lipinski definition) is 3. The minimum Gasteiger partial charge on any atom is -0.480 e. The van der Waals surface area contributed by atoms with Crippen LogP contribution in [-0.4, -0.2) is 23.0 Å². The van der Waals surface area contributed by atoms with Crippen molar-refractivity contribution in [3.63, 3.8) is 0 Å². The Labute approximate surface area is 212 Å². The van der Waals surface area contributed by atoms with E-state index < -0.39 is 35.7 Å². The zero-order valence-electron chi connectivity index (χ0n) is 20.1. The summed E-state index contributed by atoms with van der Waals surface area (Å²) in [6, 6.07) is 13.5. The number of alkyl halides is 3. The van der Waals surface area contributed by atoms with E-state index in [-0.39, 0.29) is 5.02 Å². The molecule has 3 aromatic carbocycles. The van der Waals surface area contributed by atoms with Crippen molar-refractivity contribution in [1.82, 2.24) is 5.32 Å². The third-order valence-electron chi connectivity index (χ3n) is 5.85. The highest BCUT2D eigenvalue weighted by atomic mass is 35.5. The molecule has 0 heterocycles. The maximum absolute atomic E-state index is 13.2. The van der Waals surface area contributed by atoms with Gasteiger partial charge in [-0.2, -0.15) is 13.2 Å². The van der Waals surface area contributed by atoms with Crippen LogP contribution in [-0.2, 0) is 11.0 Å². The molecule has 0 aliphatic heterocycles. The van der Waals surface area contributed by atoms with Gasteiger partial charge in [0.15, 0.2) is 0 Å². The molecule has 1 amide bonds. The van der Waals surface area contributed by atoms with Crippen LogP contribution in [0, 0.1) is 13.8 Å². The molecule has 5 nitrogen and oxygen atoms in total. The van der Waals surface area contributed by atoms with Gasteiger partial charge in [0, 0.05) is 17.3 Å². The molecule has 3 rings (SSSR count). The predicted octanol–water partition coefficient (Wildman–Crippen LogP) is 7.02. The number of carbonyl (C=O) groups is 2. The fourth-order valence-corrected chi connectivity index (χ4v) is 4.19. The van der Waals surface area contributed by atoms with Crippen LogP contribution in [0.1, 0.15) is 52.5 Å². The van der Waals surface area contributed by atoms with Gasteiger partial charge in [-0.1, -0.05) is 41.9 Å². The molecular formula is C27H26ClF3N2O3. The van der Waals surface area contributed by atoms with Gasteiger partial charge >= 0.3 is 12.1 Å². The smallest absolute Gasteiger partial charge is 0.417 e. The Morgan fingerprint density at radius 1 is 0.944 bits per heavy atom. The van der Waals surface area contributed by atoms with Crippen molar-refractivity contribution in [1.29, 1.82) is 0 Å². The number of rotatable bonds is 7. The molecule has 0 aliphatic rings. The highest BCUT2D eigenvalue weighted by Crippen LogP contribution is 2.37. The van der Waals surface area contributed by atoms with Crippen molar-refractivity contribution in [2.45, 2.75) is 46.0 Å². The van der Waals surface area contributed by atoms with Crippen molar-refractivity contribution in [2.75, 3.05) is 5.32 Å². The van der Waals surface area contributed by atoms with Crippen LogP contribution in [0.5, 0.6) is 0 Å². The molecule has 0 bridgehead atoms. The number of halogens is 4. The van der Waals surface area contributed by atoms with Gasteiger partial charge in [-0.15, -0.1) is 0 Å². The van der Waals surface area contributed by atoms with E-state index in [1.165, 1.54) is 13.0 Å². The third kappa shape index (κ3) is 6.18. The number of carbonyl (C=O) groups excluding carboxylic acids is 1. The summed E-state index contributed by atoms with van der Waals surface area (Å²) < 4.78 is 39.7. The normalized spacial score (nSPS) is 13.1. The Kier molecular flexibility index (Phi) is 7.99. The van der Waals surface area contributed by atoms with E-state index in [9.17, 15) is 22.8 Å². The highest BCUT2D eigenvalue weighted by molar-refractivity contribution is 6.31. The van der Waals surface area contributed by atoms with E-state index >= 15 is 0 Å². The SMILES string of the molecule is Cc1cc(-c2cccc(NC(C)c3ccc(Cl)c(C(F)(F)F)c3)c2)cc(C)c1C(=O)N[C@@H](C)C(=O)O. The Balaban J connectivity index is 1.85. The number of carboxylic acid groups (broad SMARTS) is 1. The molecule has 0 spiro atoms. The fourth-order valence-electron chi connectivity index (χ4n) is 3.97. The van der Waals surface area contributed by atoms with Crippen molar-refractivity contribution in [3.05, 3.63) is 87.4 Å². The Morgan fingerprint density at radius 3 is 2.17 bits per heavy atom. The molecule has 0 aliphatic carbocycles. The second-order valence-electron chi connectivity index (χ2n) is 8.70. The first kappa shape index (κ1) is 27.1. The maximum Gasteiger partial charge on any atom is 0.417 e. The molecule has 0 saturated heterocycles. The quantitative estimate of drug-likeness (QED) is 0.314. The fraction of sp³-hybridized carbons (Fsp3) is 0.259. The molecule has 190 valence electrons. The molecule has 36 heavy (non-hydrogen) atoms. The van der Waals surface area contributed by atoms with Gasteiger partial charge in [0.05, 0.1) is 10.6 Å². The van der Waals surface area contributed by atoms with Gasteiger partial charge in [-0.25, -0.2) is 0 Å². The number of benzene rings is 3. The summed E-state index contributed by atoms with van der Waals surface area (Å²) in [5.74, 6) is -1.58. The van der Waals surface area contributed by atoms with Gasteiger partial charge in [-0.3, -0.25) is 9.59 Å². The predicted molar refractivity (Wildman–Crippen MR) is 134 cm³/mol. The molecule has 3 N–H and O–H groups in total. The summed E-state index contributed by atoms with van der Waals surface area (Å²) in [6.07, 6.45) is -4.54. The first-order chi connectivity index (χ1) is 16.8. The molecule has 0 fully saturated rings. The number of nitrogens with one attached hydrogen (secondary N) is 2. The number of anilines is 1. The Bertz CT molecular complexity index is 1280. The molecule has 0 aromatic heterocycles. The van der Waals surface area contributed by atoms with Crippen molar-refractivity contribution >= 4 is 29.2 Å². The molecule has 2 atom stereocenters. The van der Waals surface area contributed by atoms with Crippen molar-refractivity contribution in [3.8, 4) is 11.1 Å². The minimum atomic E-state index is -4.54. The lowest BCUT2D eigenvalue weighted by Crippen LogP contribution is -2.38. The highest BCUT2D eigenvalue weighted by Gasteiger charge is 2.33. The van der Waals surface area contributed by atoms with Crippen LogP contribution in [0.4, 0.5) is 18.9 Å². The molecule has 9 heteroatoms. The van der Waals surface area contributed by atoms with E-state index in [0.29, 0.717) is 27.9 Å². The number of carboxylic acids is 1. The van der Waals surface area contributed by atoms with Gasteiger partial charge < -0.3 is 15.7 Å². The molecule has 3 aromatic rings. The summed E-state index contributed by atoms with van der Waals surface area (Å²) in [6.45, 7) is 6.71. The first-order valence-electron chi connectivity index (χ1n) is 11.2. The van der Waals surface area contributed by atoms with E-state index in [4.69, 9.17) is 16.7 Å². The topological polar surface area (TPSA) is 78.4 Å². The minimum absolute atomic E-state index is 0.347. The molecule has 0 radical (unpaired) electrons. The summed E-state index contributed by atoms with van der Waals surface area (Å²) >= 11 is 5.74. The van der Waals surface area contributed by atoms with Crippen LogP contribution >= 0.6 is 11.6 Å². The summed E-state index contributed by atoms with van der Waals surface area (Å²) in [5, 5.41) is 14.4. The van der Waals surface area contributed by atoms with Crippen LogP contribution in [0.15, 0.2) is 54.6 Å². The Morgan fingerprint density at radius 2 is 1.58 bits per heavy atom. The third-order valence-corrected chi connectivity index (χ3v) is 6.18. The van der Waals surface area contributed by atoms with Crippen molar-refractivity contribution < 1.29 is 27.9 Å². The zero-order chi connectivity index (χ0) is 26.8. The summed E-state index contributed by atoms with van der Waals surface area (Å²) in [4.78, 5) is 23.7. The van der Waals surface area contributed by atoms with Crippen molar-refractivity contribution in [2.24, 2.45) is 0 Å². The lowest BCUT2D eigenvalue weighted by atomic mass is 9.94. The second kappa shape index (κ2) is 10.6. The second-order valence-corrected chi connectivity index (χ2v) is 9.11. The molecule has 0 saturated carbocycles. The number of amides is 1. The zero-order valence-corrected chi connectivity index (χ0v) is 20.9. The van der Waals surface area contributed by atoms with Crippen LogP contribution < -0.4 is 10.6 Å². The first-order valence-corrected chi connectivity index (χ1v) is 11.5. The van der Waals surface area contributed by atoms with Gasteiger partial charge in [0.2, 0.25) is 0 Å². The largest absolute Gasteiger partial charge is 0.480 e. The average Bonchev–Trinajstić information content (AvgIpc) is 2.78. The van der Waals surface area contributed by atoms with Crippen LogP contribution in [0.25, 0.3) is 11.1 Å². The summed E-state index contributed by atoms with van der Waals surface area (Å²) in [7, 11) is 0. The van der Waals surface area contributed by atoms with E-state index in [1.807, 2.05) is 36.4 Å². The van der Waals surface area contributed by atoms with E-state index in [2.05, 4.69) is 10.6 Å². The monoisotopic (exact) mass is 518 g/mol. The maximum atomic E-state index is 13.2.